The Morgan fingerprint density at radius 3 is 2.68 bits per heavy atom. The van der Waals surface area contributed by atoms with Gasteiger partial charge in [0.05, 0.1) is 28.5 Å². The first-order valence-electron chi connectivity index (χ1n) is 7.07. The molecule has 1 N–H and O–H groups in total. The van der Waals surface area contributed by atoms with Gasteiger partial charge in [0, 0.05) is 6.20 Å². The first-order valence-corrected chi connectivity index (χ1v) is 7.44. The maximum Gasteiger partial charge on any atom is 0.417 e. The monoisotopic (exact) mass is 368 g/mol. The lowest BCUT2D eigenvalue weighted by Crippen LogP contribution is -2.06. The van der Waals surface area contributed by atoms with Crippen LogP contribution in [-0.4, -0.2) is 16.7 Å². The molecule has 130 valence electrons. The van der Waals surface area contributed by atoms with Gasteiger partial charge < -0.3 is 9.84 Å². The van der Waals surface area contributed by atoms with Crippen LogP contribution in [0.15, 0.2) is 30.5 Å². The molecule has 0 fully saturated rings. The van der Waals surface area contributed by atoms with Crippen molar-refractivity contribution in [2.75, 3.05) is 6.61 Å². The zero-order valence-electron chi connectivity index (χ0n) is 12.9. The van der Waals surface area contributed by atoms with Gasteiger partial charge in [0.1, 0.15) is 6.07 Å². The van der Waals surface area contributed by atoms with Crippen molar-refractivity contribution in [1.29, 1.82) is 5.26 Å². The molecule has 0 atom stereocenters. The van der Waals surface area contributed by atoms with Crippen LogP contribution in [0.1, 0.15) is 23.7 Å². The molecule has 0 aliphatic rings. The van der Waals surface area contributed by atoms with Crippen LogP contribution in [0, 0.1) is 11.3 Å². The van der Waals surface area contributed by atoms with Crippen molar-refractivity contribution in [2.45, 2.75) is 13.1 Å². The summed E-state index contributed by atoms with van der Waals surface area (Å²) in [4.78, 5) is 3.66. The van der Waals surface area contributed by atoms with Crippen molar-refractivity contribution >= 4 is 23.3 Å². The molecule has 0 amide bonds. The second kappa shape index (κ2) is 7.45. The molecule has 0 unspecified atom stereocenters. The minimum absolute atomic E-state index is 0.0214. The van der Waals surface area contributed by atoms with Crippen LogP contribution in [0.3, 0.4) is 0 Å². The second-order valence-electron chi connectivity index (χ2n) is 4.88. The number of hydrogen-bond donors (Lipinski definition) is 1. The molecule has 2 rings (SSSR count). The Hall–Kier alpha value is -2.72. The quantitative estimate of drug-likeness (QED) is 0.778. The summed E-state index contributed by atoms with van der Waals surface area (Å²) < 4.78 is 43.3. The van der Waals surface area contributed by atoms with E-state index in [0.717, 1.165) is 6.07 Å². The molecule has 0 radical (unpaired) electrons. The van der Waals surface area contributed by atoms with Gasteiger partial charge in [-0.2, -0.15) is 18.4 Å². The fraction of sp³-hybridized carbons (Fsp3) is 0.176. The highest BCUT2D eigenvalue weighted by Gasteiger charge is 2.31. The zero-order valence-corrected chi connectivity index (χ0v) is 13.7. The number of aromatic nitrogens is 1. The van der Waals surface area contributed by atoms with Crippen molar-refractivity contribution in [2.24, 2.45) is 0 Å². The lowest BCUT2D eigenvalue weighted by atomic mass is 10.1. The summed E-state index contributed by atoms with van der Waals surface area (Å²) in [6, 6.07) is 6.98. The van der Waals surface area contributed by atoms with E-state index in [4.69, 9.17) is 16.3 Å². The van der Waals surface area contributed by atoms with Gasteiger partial charge in [-0.05, 0) is 36.8 Å². The van der Waals surface area contributed by atoms with Gasteiger partial charge in [-0.15, -0.1) is 0 Å². The third-order valence-corrected chi connectivity index (χ3v) is 3.43. The van der Waals surface area contributed by atoms with E-state index in [-0.39, 0.29) is 27.8 Å². The lowest BCUT2D eigenvalue weighted by molar-refractivity contribution is -0.137. The number of nitriles is 1. The van der Waals surface area contributed by atoms with Crippen molar-refractivity contribution in [1.82, 2.24) is 4.98 Å². The molecule has 1 heterocycles. The number of benzene rings is 1. The number of phenolic OH excluding ortho intramolecular Hbond substituents is 1. The van der Waals surface area contributed by atoms with E-state index in [9.17, 15) is 23.5 Å². The number of hydrogen-bond acceptors (Lipinski definition) is 4. The van der Waals surface area contributed by atoms with E-state index >= 15 is 0 Å². The van der Waals surface area contributed by atoms with Gasteiger partial charge in [0.15, 0.2) is 11.5 Å². The molecule has 0 saturated heterocycles. The smallest absolute Gasteiger partial charge is 0.417 e. The number of pyridine rings is 1. The third kappa shape index (κ3) is 4.43. The normalized spacial score (nSPS) is 11.9. The standard InChI is InChI=1S/C17H12ClF3N2O2/c1-2-25-15-6-10(3-4-14(15)24)5-11(8-22)16-13(18)7-12(9-23-16)17(19,20)21/h3-7,9,24H,2H2,1H3. The molecule has 25 heavy (non-hydrogen) atoms. The summed E-state index contributed by atoms with van der Waals surface area (Å²) in [7, 11) is 0. The minimum Gasteiger partial charge on any atom is -0.504 e. The van der Waals surface area contributed by atoms with Crippen LogP contribution in [0.4, 0.5) is 13.2 Å². The van der Waals surface area contributed by atoms with Gasteiger partial charge >= 0.3 is 6.18 Å². The molecule has 8 heteroatoms. The number of allylic oxidation sites excluding steroid dienone is 1. The Kier molecular flexibility index (Phi) is 5.55. The highest BCUT2D eigenvalue weighted by molar-refractivity contribution is 6.32. The Labute approximate surface area is 146 Å². The first-order chi connectivity index (χ1) is 11.8. The highest BCUT2D eigenvalue weighted by Crippen LogP contribution is 2.33. The van der Waals surface area contributed by atoms with Gasteiger partial charge in [0.25, 0.3) is 0 Å². The zero-order chi connectivity index (χ0) is 18.6. The van der Waals surface area contributed by atoms with Crippen molar-refractivity contribution in [3.05, 3.63) is 52.3 Å². The van der Waals surface area contributed by atoms with E-state index in [1.807, 2.05) is 6.07 Å². The average Bonchev–Trinajstić information content (AvgIpc) is 2.55. The number of ether oxygens (including phenoxy) is 1. The average molecular weight is 369 g/mol. The van der Waals surface area contributed by atoms with Crippen molar-refractivity contribution < 1.29 is 23.0 Å². The topological polar surface area (TPSA) is 66.1 Å². The summed E-state index contributed by atoms with van der Waals surface area (Å²) >= 11 is 5.86. The molecule has 0 aliphatic heterocycles. The number of alkyl halides is 3. The second-order valence-corrected chi connectivity index (χ2v) is 5.29. The molecule has 4 nitrogen and oxygen atoms in total. The van der Waals surface area contributed by atoms with E-state index < -0.39 is 11.7 Å². The molecule has 0 bridgehead atoms. The van der Waals surface area contributed by atoms with Crippen LogP contribution in [-0.2, 0) is 6.18 Å². The summed E-state index contributed by atoms with van der Waals surface area (Å²) in [5.41, 5.74) is -0.590. The van der Waals surface area contributed by atoms with Gasteiger partial charge in [-0.25, -0.2) is 0 Å². The van der Waals surface area contributed by atoms with E-state index in [2.05, 4.69) is 4.98 Å². The molecule has 1 aromatic heterocycles. The summed E-state index contributed by atoms with van der Waals surface area (Å²) in [6.07, 6.45) is -2.56. The van der Waals surface area contributed by atoms with Gasteiger partial charge in [0.2, 0.25) is 0 Å². The SMILES string of the molecule is CCOc1cc(C=C(C#N)c2ncc(C(F)(F)F)cc2Cl)ccc1O. The minimum atomic E-state index is -4.57. The number of phenols is 1. The van der Waals surface area contributed by atoms with Crippen molar-refractivity contribution in [3.8, 4) is 17.6 Å². The van der Waals surface area contributed by atoms with Crippen LogP contribution in [0.5, 0.6) is 11.5 Å². The number of aromatic hydroxyl groups is 1. The predicted molar refractivity (Wildman–Crippen MR) is 87.0 cm³/mol. The van der Waals surface area contributed by atoms with Crippen LogP contribution in [0.25, 0.3) is 11.6 Å². The summed E-state index contributed by atoms with van der Waals surface area (Å²) in [6.45, 7) is 2.08. The maximum absolute atomic E-state index is 12.7. The van der Waals surface area contributed by atoms with Crippen LogP contribution >= 0.6 is 11.6 Å². The predicted octanol–water partition coefficient (Wildman–Crippen LogP) is 4.92. The summed E-state index contributed by atoms with van der Waals surface area (Å²) in [5.74, 6) is 0.156. The number of nitrogens with zero attached hydrogens (tertiary/aromatic N) is 2. The number of rotatable bonds is 4. The van der Waals surface area contributed by atoms with Crippen LogP contribution < -0.4 is 4.74 Å². The lowest BCUT2D eigenvalue weighted by Gasteiger charge is -2.09. The largest absolute Gasteiger partial charge is 0.504 e. The van der Waals surface area contributed by atoms with Gasteiger partial charge in [-0.3, -0.25) is 4.98 Å². The Bertz CT molecular complexity index is 858. The van der Waals surface area contributed by atoms with Crippen LogP contribution in [0.2, 0.25) is 5.02 Å². The third-order valence-electron chi connectivity index (χ3n) is 3.14. The van der Waals surface area contributed by atoms with Crippen molar-refractivity contribution in [3.63, 3.8) is 0 Å². The fourth-order valence-corrected chi connectivity index (χ4v) is 2.27. The molecule has 2 aromatic rings. The maximum atomic E-state index is 12.7. The van der Waals surface area contributed by atoms with Gasteiger partial charge in [-0.1, -0.05) is 17.7 Å². The van der Waals surface area contributed by atoms with E-state index in [1.54, 1.807) is 6.92 Å². The molecular weight excluding hydrogens is 357 g/mol. The number of halogens is 4. The van der Waals surface area contributed by atoms with E-state index in [0.29, 0.717) is 18.4 Å². The summed E-state index contributed by atoms with van der Waals surface area (Å²) in [5, 5.41) is 18.7. The Morgan fingerprint density at radius 2 is 2.12 bits per heavy atom. The highest BCUT2D eigenvalue weighted by atomic mass is 35.5. The molecule has 0 saturated carbocycles. The van der Waals surface area contributed by atoms with E-state index in [1.165, 1.54) is 24.3 Å². The molecule has 1 aromatic carbocycles. The first kappa shape index (κ1) is 18.6. The fourth-order valence-electron chi connectivity index (χ4n) is 2.00. The molecule has 0 aliphatic carbocycles. The molecule has 0 spiro atoms. The Balaban J connectivity index is 2.45. The Morgan fingerprint density at radius 1 is 1.40 bits per heavy atom. The molecular formula is C17H12ClF3N2O2.